The van der Waals surface area contributed by atoms with Crippen molar-refractivity contribution >= 4 is 28.6 Å². The van der Waals surface area contributed by atoms with Crippen LogP contribution in [0.2, 0.25) is 5.28 Å². The van der Waals surface area contributed by atoms with E-state index >= 15 is 0 Å². The zero-order valence-corrected chi connectivity index (χ0v) is 15.1. The summed E-state index contributed by atoms with van der Waals surface area (Å²) in [5.41, 5.74) is 3.78. The van der Waals surface area contributed by atoms with Crippen LogP contribution in [-0.4, -0.2) is 19.5 Å². The van der Waals surface area contributed by atoms with Gasteiger partial charge >= 0.3 is 0 Å². The number of halogens is 1. The van der Waals surface area contributed by atoms with Gasteiger partial charge in [0.25, 0.3) is 0 Å². The molecule has 0 aliphatic heterocycles. The molecule has 5 nitrogen and oxygen atoms in total. The van der Waals surface area contributed by atoms with Crippen molar-refractivity contribution in [3.05, 3.63) is 83.4 Å². The molecule has 2 aromatic heterocycles. The summed E-state index contributed by atoms with van der Waals surface area (Å²) < 4.78 is 1.98. The first kappa shape index (κ1) is 16.5. The fourth-order valence-corrected chi connectivity index (χ4v) is 3.11. The zero-order chi connectivity index (χ0) is 17.9. The second-order valence-corrected chi connectivity index (χ2v) is 6.49. The molecular formula is C20H18ClN5. The Morgan fingerprint density at radius 2 is 1.69 bits per heavy atom. The monoisotopic (exact) mass is 363 g/mol. The molecule has 4 rings (SSSR count). The van der Waals surface area contributed by atoms with Crippen LogP contribution in [0.4, 0.5) is 5.82 Å². The van der Waals surface area contributed by atoms with Gasteiger partial charge in [-0.2, -0.15) is 9.97 Å². The molecule has 0 saturated carbocycles. The number of benzene rings is 2. The Morgan fingerprint density at radius 3 is 2.42 bits per heavy atom. The number of rotatable bonds is 5. The third kappa shape index (κ3) is 3.39. The molecule has 26 heavy (non-hydrogen) atoms. The number of hydrogen-bond acceptors (Lipinski definition) is 4. The topological polar surface area (TPSA) is 55.6 Å². The maximum Gasteiger partial charge on any atom is 0.226 e. The lowest BCUT2D eigenvalue weighted by Crippen LogP contribution is -2.09. The minimum absolute atomic E-state index is 0.0737. The summed E-state index contributed by atoms with van der Waals surface area (Å²) in [5, 5.41) is 3.61. The number of aromatic nitrogens is 4. The number of imidazole rings is 1. The predicted molar refractivity (Wildman–Crippen MR) is 104 cm³/mol. The van der Waals surface area contributed by atoms with Crippen LogP contribution < -0.4 is 5.32 Å². The molecule has 0 bridgehead atoms. The smallest absolute Gasteiger partial charge is 0.226 e. The Balaban J connectivity index is 1.68. The van der Waals surface area contributed by atoms with E-state index in [2.05, 4.69) is 51.5 Å². The van der Waals surface area contributed by atoms with E-state index in [9.17, 15) is 0 Å². The maximum atomic E-state index is 6.18. The van der Waals surface area contributed by atoms with Crippen LogP contribution >= 0.6 is 11.6 Å². The van der Waals surface area contributed by atoms with Gasteiger partial charge in [-0.3, -0.25) is 0 Å². The van der Waals surface area contributed by atoms with Crippen molar-refractivity contribution in [2.45, 2.75) is 19.5 Å². The molecule has 0 fully saturated rings. The molecule has 1 atom stereocenters. The SMILES string of the molecule is C[C@@H](Nc1nc(Cl)nc2c1ncn2Cc1ccccc1)c1ccccc1. The van der Waals surface area contributed by atoms with Gasteiger partial charge in [-0.05, 0) is 29.7 Å². The molecule has 0 saturated heterocycles. The van der Waals surface area contributed by atoms with Gasteiger partial charge < -0.3 is 9.88 Å². The molecule has 0 aliphatic carbocycles. The molecule has 0 radical (unpaired) electrons. The van der Waals surface area contributed by atoms with Crippen LogP contribution in [0.3, 0.4) is 0 Å². The third-order valence-electron chi connectivity index (χ3n) is 4.29. The van der Waals surface area contributed by atoms with Crippen LogP contribution in [-0.2, 0) is 6.54 Å². The molecule has 0 spiro atoms. The van der Waals surface area contributed by atoms with Crippen LogP contribution in [0.1, 0.15) is 24.1 Å². The van der Waals surface area contributed by atoms with E-state index in [1.54, 1.807) is 6.33 Å². The van der Waals surface area contributed by atoms with Gasteiger partial charge in [-0.1, -0.05) is 60.7 Å². The highest BCUT2D eigenvalue weighted by Gasteiger charge is 2.15. The van der Waals surface area contributed by atoms with Gasteiger partial charge in [0.05, 0.1) is 18.9 Å². The average molecular weight is 364 g/mol. The highest BCUT2D eigenvalue weighted by molar-refractivity contribution is 6.28. The summed E-state index contributed by atoms with van der Waals surface area (Å²) in [4.78, 5) is 13.3. The van der Waals surface area contributed by atoms with Crippen molar-refractivity contribution in [3.63, 3.8) is 0 Å². The first-order valence-corrected chi connectivity index (χ1v) is 8.82. The largest absolute Gasteiger partial charge is 0.362 e. The van der Waals surface area contributed by atoms with Gasteiger partial charge in [0.15, 0.2) is 17.0 Å². The zero-order valence-electron chi connectivity index (χ0n) is 14.3. The molecule has 2 heterocycles. The Bertz CT molecular complexity index is 1010. The van der Waals surface area contributed by atoms with Crippen molar-refractivity contribution in [1.82, 2.24) is 19.5 Å². The standard InChI is InChI=1S/C20H18ClN5/c1-14(16-10-6-3-7-11-16)23-18-17-19(25-20(21)24-18)26(13-22-17)12-15-8-4-2-5-9-15/h2-11,13-14H,12H2,1H3,(H,23,24,25)/t14-/m1/s1. The first-order valence-electron chi connectivity index (χ1n) is 8.44. The number of hydrogen-bond donors (Lipinski definition) is 1. The van der Waals surface area contributed by atoms with Gasteiger partial charge in [0, 0.05) is 0 Å². The van der Waals surface area contributed by atoms with E-state index in [4.69, 9.17) is 11.6 Å². The van der Waals surface area contributed by atoms with Crippen LogP contribution in [0.5, 0.6) is 0 Å². The highest BCUT2D eigenvalue weighted by atomic mass is 35.5. The van der Waals surface area contributed by atoms with E-state index in [1.807, 2.05) is 41.0 Å². The fraction of sp³-hybridized carbons (Fsp3) is 0.150. The highest BCUT2D eigenvalue weighted by Crippen LogP contribution is 2.25. The van der Waals surface area contributed by atoms with Crippen LogP contribution in [0, 0.1) is 0 Å². The Kier molecular flexibility index (Phi) is 4.54. The van der Waals surface area contributed by atoms with Crippen molar-refractivity contribution in [1.29, 1.82) is 0 Å². The number of fused-ring (bicyclic) bond motifs is 1. The van der Waals surface area contributed by atoms with Crippen molar-refractivity contribution < 1.29 is 0 Å². The second-order valence-electron chi connectivity index (χ2n) is 6.15. The Hall–Kier alpha value is -2.92. The van der Waals surface area contributed by atoms with E-state index in [-0.39, 0.29) is 11.3 Å². The van der Waals surface area contributed by atoms with E-state index in [0.717, 1.165) is 5.65 Å². The van der Waals surface area contributed by atoms with Gasteiger partial charge in [-0.25, -0.2) is 4.98 Å². The maximum absolute atomic E-state index is 6.18. The number of anilines is 1. The van der Waals surface area contributed by atoms with Crippen LogP contribution in [0.25, 0.3) is 11.2 Å². The van der Waals surface area contributed by atoms with E-state index in [1.165, 1.54) is 11.1 Å². The Morgan fingerprint density at radius 1 is 1.00 bits per heavy atom. The quantitative estimate of drug-likeness (QED) is 0.522. The second kappa shape index (κ2) is 7.14. The molecule has 6 heteroatoms. The van der Waals surface area contributed by atoms with Crippen LogP contribution in [0.15, 0.2) is 67.0 Å². The lowest BCUT2D eigenvalue weighted by molar-refractivity contribution is 0.813. The van der Waals surface area contributed by atoms with Gasteiger partial charge in [0.1, 0.15) is 0 Å². The van der Waals surface area contributed by atoms with Gasteiger partial charge in [0.2, 0.25) is 5.28 Å². The van der Waals surface area contributed by atoms with E-state index in [0.29, 0.717) is 17.9 Å². The van der Waals surface area contributed by atoms with Crippen molar-refractivity contribution in [3.8, 4) is 0 Å². The third-order valence-corrected chi connectivity index (χ3v) is 4.45. The molecule has 130 valence electrons. The average Bonchev–Trinajstić information content (AvgIpc) is 3.06. The lowest BCUT2D eigenvalue weighted by Gasteiger charge is -2.15. The fourth-order valence-electron chi connectivity index (χ4n) is 2.94. The molecule has 0 amide bonds. The van der Waals surface area contributed by atoms with Crippen molar-refractivity contribution in [2.24, 2.45) is 0 Å². The van der Waals surface area contributed by atoms with E-state index < -0.39 is 0 Å². The minimum Gasteiger partial charge on any atom is -0.362 e. The molecule has 1 N–H and O–H groups in total. The molecule has 2 aromatic carbocycles. The summed E-state index contributed by atoms with van der Waals surface area (Å²) in [5.74, 6) is 0.642. The summed E-state index contributed by atoms with van der Waals surface area (Å²) >= 11 is 6.18. The molecule has 4 aromatic rings. The number of nitrogens with zero attached hydrogens (tertiary/aromatic N) is 4. The summed E-state index contributed by atoms with van der Waals surface area (Å²) in [6.07, 6.45) is 1.78. The molecule has 0 aliphatic rings. The molecular weight excluding hydrogens is 346 g/mol. The predicted octanol–water partition coefficient (Wildman–Crippen LogP) is 4.70. The Labute approximate surface area is 156 Å². The lowest BCUT2D eigenvalue weighted by atomic mass is 10.1. The van der Waals surface area contributed by atoms with Crippen molar-refractivity contribution in [2.75, 3.05) is 5.32 Å². The first-order chi connectivity index (χ1) is 12.7. The normalized spacial score (nSPS) is 12.2. The van der Waals surface area contributed by atoms with Gasteiger partial charge in [-0.15, -0.1) is 0 Å². The summed E-state index contributed by atoms with van der Waals surface area (Å²) in [7, 11) is 0. The summed E-state index contributed by atoms with van der Waals surface area (Å²) in [6.45, 7) is 2.76. The summed E-state index contributed by atoms with van der Waals surface area (Å²) in [6, 6.07) is 20.5. The number of nitrogens with one attached hydrogen (secondary N) is 1. The molecule has 0 unspecified atom stereocenters. The minimum atomic E-state index is 0.0737.